The van der Waals surface area contributed by atoms with Crippen molar-refractivity contribution in [2.24, 2.45) is 5.10 Å². The molecule has 0 aliphatic heterocycles. The first-order chi connectivity index (χ1) is 9.25. The molecule has 96 valence electrons. The molecule has 2 aromatic heterocycles. The Morgan fingerprint density at radius 3 is 2.47 bits per heavy atom. The van der Waals surface area contributed by atoms with Gasteiger partial charge < -0.3 is 0 Å². The first-order valence-electron chi connectivity index (χ1n) is 5.90. The largest absolute Gasteiger partial charge is 0.272 e. The lowest BCUT2D eigenvalue weighted by molar-refractivity contribution is 1.01. The second kappa shape index (κ2) is 6.70. The normalized spacial score (nSPS) is 11.1. The molecule has 0 atom stereocenters. The minimum atomic E-state index is 0.605. The van der Waals surface area contributed by atoms with Gasteiger partial charge in [0.25, 0.3) is 0 Å². The third-order valence-electron chi connectivity index (χ3n) is 2.38. The van der Waals surface area contributed by atoms with Crippen molar-refractivity contribution in [2.45, 2.75) is 13.3 Å². The molecule has 5 heteroatoms. The molecule has 0 saturated carbocycles. The molecule has 2 heterocycles. The molecule has 0 aliphatic carbocycles. The Bertz CT molecular complexity index is 567. The summed E-state index contributed by atoms with van der Waals surface area (Å²) in [6.07, 6.45) is 4.12. The topological polar surface area (TPSA) is 50.2 Å². The van der Waals surface area contributed by atoms with Gasteiger partial charge in [-0.25, -0.2) is 0 Å². The number of hydrogen-bond donors (Lipinski definition) is 1. The summed E-state index contributed by atoms with van der Waals surface area (Å²) in [5.74, 6) is 0. The Balaban J connectivity index is 2.25. The number of nitrogens with one attached hydrogen (secondary N) is 1. The van der Waals surface area contributed by atoms with E-state index in [1.807, 2.05) is 36.4 Å². The number of nitrogens with zero attached hydrogens (tertiary/aromatic N) is 3. The van der Waals surface area contributed by atoms with Crippen LogP contribution in [0.3, 0.4) is 0 Å². The number of aromatic nitrogens is 2. The zero-order valence-corrected chi connectivity index (χ0v) is 11.4. The second-order valence-corrected chi connectivity index (χ2v) is 4.55. The maximum absolute atomic E-state index is 4.97. The maximum Gasteiger partial charge on any atom is 0.0930 e. The van der Waals surface area contributed by atoms with Gasteiger partial charge in [-0.05, 0) is 31.2 Å². The van der Waals surface area contributed by atoms with Crippen molar-refractivity contribution < 1.29 is 0 Å². The lowest BCUT2D eigenvalue weighted by atomic mass is 10.1. The summed E-state index contributed by atoms with van der Waals surface area (Å²) in [6.45, 7) is 1.79. The first-order valence-corrected chi connectivity index (χ1v) is 6.31. The average molecular weight is 270 g/mol. The molecular formula is C14H14N4S. The van der Waals surface area contributed by atoms with E-state index in [-0.39, 0.29) is 0 Å². The molecule has 0 amide bonds. The molecule has 0 unspecified atom stereocenters. The van der Waals surface area contributed by atoms with E-state index in [9.17, 15) is 0 Å². The summed E-state index contributed by atoms with van der Waals surface area (Å²) >= 11 is 4.97. The Morgan fingerprint density at radius 2 is 1.89 bits per heavy atom. The maximum atomic E-state index is 4.97. The van der Waals surface area contributed by atoms with E-state index in [4.69, 9.17) is 12.2 Å². The molecule has 1 N–H and O–H groups in total. The number of pyridine rings is 2. The number of hydrogen-bond acceptors (Lipinski definition) is 4. The van der Waals surface area contributed by atoms with Gasteiger partial charge in [-0.2, -0.15) is 5.10 Å². The van der Waals surface area contributed by atoms with Crippen molar-refractivity contribution in [1.82, 2.24) is 15.4 Å². The fraction of sp³-hybridized carbons (Fsp3) is 0.143. The number of hydrazone groups is 1. The van der Waals surface area contributed by atoms with Crippen LogP contribution >= 0.6 is 12.2 Å². The van der Waals surface area contributed by atoms with Crippen LogP contribution in [0.15, 0.2) is 53.9 Å². The Kier molecular flexibility index (Phi) is 4.69. The summed E-state index contributed by atoms with van der Waals surface area (Å²) in [7, 11) is 0. The molecule has 0 aliphatic rings. The standard InChI is InChI=1S/C14H14N4S/c1-11(19)17-18-14(13-7-3-5-9-16-13)10-12-6-2-4-8-15-12/h2-9H,10H2,1H3,(H,17,19)/b18-14+. The van der Waals surface area contributed by atoms with E-state index in [2.05, 4.69) is 20.5 Å². The van der Waals surface area contributed by atoms with Crippen molar-refractivity contribution in [3.05, 3.63) is 60.2 Å². The average Bonchev–Trinajstić information content (AvgIpc) is 2.45. The van der Waals surface area contributed by atoms with Crippen LogP contribution < -0.4 is 5.43 Å². The van der Waals surface area contributed by atoms with Crippen molar-refractivity contribution in [3.63, 3.8) is 0 Å². The van der Waals surface area contributed by atoms with Crippen molar-refractivity contribution in [1.29, 1.82) is 0 Å². The Labute approximate surface area is 117 Å². The smallest absolute Gasteiger partial charge is 0.0930 e. The molecule has 4 nitrogen and oxygen atoms in total. The van der Waals surface area contributed by atoms with E-state index in [0.717, 1.165) is 17.1 Å². The Morgan fingerprint density at radius 1 is 1.16 bits per heavy atom. The molecule has 0 fully saturated rings. The summed E-state index contributed by atoms with van der Waals surface area (Å²) in [6, 6.07) is 11.5. The van der Waals surface area contributed by atoms with Gasteiger partial charge >= 0.3 is 0 Å². The molecule has 2 aromatic rings. The van der Waals surface area contributed by atoms with Crippen LogP contribution in [-0.4, -0.2) is 20.7 Å². The molecule has 0 aromatic carbocycles. The fourth-order valence-corrected chi connectivity index (χ4v) is 1.59. The highest BCUT2D eigenvalue weighted by Gasteiger charge is 2.07. The van der Waals surface area contributed by atoms with E-state index in [0.29, 0.717) is 11.4 Å². The highest BCUT2D eigenvalue weighted by atomic mass is 32.1. The number of thiocarbonyl (C=S) groups is 1. The first kappa shape index (κ1) is 13.3. The zero-order valence-electron chi connectivity index (χ0n) is 10.6. The molecule has 0 bridgehead atoms. The fourth-order valence-electron chi connectivity index (χ4n) is 1.54. The van der Waals surface area contributed by atoms with E-state index >= 15 is 0 Å². The van der Waals surface area contributed by atoms with Gasteiger partial charge in [-0.1, -0.05) is 24.4 Å². The van der Waals surface area contributed by atoms with Crippen LogP contribution in [0.2, 0.25) is 0 Å². The van der Waals surface area contributed by atoms with Crippen LogP contribution in [0.4, 0.5) is 0 Å². The van der Waals surface area contributed by atoms with Crippen molar-refractivity contribution in [3.8, 4) is 0 Å². The quantitative estimate of drug-likeness (QED) is 0.526. The lowest BCUT2D eigenvalue weighted by Crippen LogP contribution is -2.17. The van der Waals surface area contributed by atoms with E-state index in [1.165, 1.54) is 0 Å². The summed E-state index contributed by atoms with van der Waals surface area (Å²) in [4.78, 5) is 9.23. The van der Waals surface area contributed by atoms with Crippen molar-refractivity contribution in [2.75, 3.05) is 0 Å². The molecule has 2 rings (SSSR count). The summed E-state index contributed by atoms with van der Waals surface area (Å²) in [5, 5.41) is 4.31. The van der Waals surface area contributed by atoms with Crippen LogP contribution in [0.1, 0.15) is 18.3 Å². The molecule has 0 spiro atoms. The zero-order chi connectivity index (χ0) is 13.5. The predicted molar refractivity (Wildman–Crippen MR) is 80.1 cm³/mol. The van der Waals surface area contributed by atoms with Gasteiger partial charge in [-0.15, -0.1) is 0 Å². The van der Waals surface area contributed by atoms with Gasteiger partial charge in [-0.3, -0.25) is 15.4 Å². The van der Waals surface area contributed by atoms with Crippen LogP contribution in [0.5, 0.6) is 0 Å². The van der Waals surface area contributed by atoms with Gasteiger partial charge in [0, 0.05) is 24.5 Å². The van der Waals surface area contributed by atoms with Crippen LogP contribution in [0.25, 0.3) is 0 Å². The van der Waals surface area contributed by atoms with Crippen LogP contribution in [-0.2, 0) is 6.42 Å². The summed E-state index contributed by atoms with van der Waals surface area (Å²) < 4.78 is 0. The minimum absolute atomic E-state index is 0.605. The number of rotatable bonds is 4. The third kappa shape index (κ3) is 4.22. The highest BCUT2D eigenvalue weighted by Crippen LogP contribution is 2.04. The van der Waals surface area contributed by atoms with Gasteiger partial charge in [0.2, 0.25) is 0 Å². The second-order valence-electron chi connectivity index (χ2n) is 3.94. The SMILES string of the molecule is CC(=S)N/N=C(\Cc1ccccn1)c1ccccn1. The monoisotopic (exact) mass is 270 g/mol. The van der Waals surface area contributed by atoms with Crippen LogP contribution in [0, 0.1) is 0 Å². The highest BCUT2D eigenvalue weighted by molar-refractivity contribution is 7.80. The van der Waals surface area contributed by atoms with Gasteiger partial charge in [0.15, 0.2) is 0 Å². The third-order valence-corrected chi connectivity index (χ3v) is 2.47. The Hall–Kier alpha value is -2.14. The molecule has 19 heavy (non-hydrogen) atoms. The minimum Gasteiger partial charge on any atom is -0.272 e. The molecule has 0 radical (unpaired) electrons. The lowest BCUT2D eigenvalue weighted by Gasteiger charge is -2.06. The predicted octanol–water partition coefficient (Wildman–Crippen LogP) is 2.36. The van der Waals surface area contributed by atoms with Gasteiger partial charge in [0.1, 0.15) is 0 Å². The van der Waals surface area contributed by atoms with Crippen molar-refractivity contribution >= 4 is 22.9 Å². The molecule has 0 saturated heterocycles. The van der Waals surface area contributed by atoms with E-state index in [1.54, 1.807) is 19.3 Å². The van der Waals surface area contributed by atoms with E-state index < -0.39 is 0 Å². The van der Waals surface area contributed by atoms with Gasteiger partial charge in [0.05, 0.1) is 16.4 Å². The molecular weight excluding hydrogens is 256 g/mol. The summed E-state index contributed by atoms with van der Waals surface area (Å²) in [5.41, 5.74) is 5.38.